The number of nitrogens with two attached hydrogens (primary N) is 1. The van der Waals surface area contributed by atoms with Crippen molar-refractivity contribution in [3.8, 4) is 0 Å². The molecule has 0 bridgehead atoms. The van der Waals surface area contributed by atoms with Crippen molar-refractivity contribution in [2.45, 2.75) is 12.5 Å². The van der Waals surface area contributed by atoms with E-state index in [1.165, 1.54) is 19.0 Å². The third-order valence-corrected chi connectivity index (χ3v) is 1.34. The average molecular weight is 173 g/mol. The first-order valence-electron chi connectivity index (χ1n) is 3.37. The smallest absolute Gasteiger partial charge is 0.249 e. The summed E-state index contributed by atoms with van der Waals surface area (Å²) < 4.78 is 0. The molecule has 0 aromatic heterocycles. The zero-order valence-electron chi connectivity index (χ0n) is 7.37. The molecule has 0 aliphatic heterocycles. The molecule has 12 heavy (non-hydrogen) atoms. The standard InChI is InChI=1S/C7H13N2O3/c1-7(12,6(8)11)4-5(10)9(2)3/h4,12H,1-3H3,(H2,8,11). The van der Waals surface area contributed by atoms with Crippen LogP contribution in [0.1, 0.15) is 6.92 Å². The van der Waals surface area contributed by atoms with Crippen molar-refractivity contribution in [2.24, 2.45) is 5.73 Å². The highest BCUT2D eigenvalue weighted by atomic mass is 16.3. The SMILES string of the molecule is CN(C)C(=O)[CH]C(C)(O)C(N)=O. The quantitative estimate of drug-likeness (QED) is 0.545. The van der Waals surface area contributed by atoms with Gasteiger partial charge < -0.3 is 15.7 Å². The fourth-order valence-electron chi connectivity index (χ4n) is 0.441. The molecule has 0 heterocycles. The lowest BCUT2D eigenvalue weighted by molar-refractivity contribution is -0.137. The van der Waals surface area contributed by atoms with E-state index in [9.17, 15) is 14.7 Å². The normalized spacial score (nSPS) is 15.0. The van der Waals surface area contributed by atoms with Gasteiger partial charge in [0.15, 0.2) is 5.60 Å². The maximum absolute atomic E-state index is 11.0. The molecular weight excluding hydrogens is 160 g/mol. The molecule has 2 amide bonds. The van der Waals surface area contributed by atoms with E-state index in [0.717, 1.165) is 13.3 Å². The molecule has 69 valence electrons. The predicted octanol–water partition coefficient (Wildman–Crippen LogP) is -1.48. The molecule has 0 saturated carbocycles. The van der Waals surface area contributed by atoms with E-state index < -0.39 is 17.4 Å². The molecule has 0 aromatic rings. The highest BCUT2D eigenvalue weighted by Crippen LogP contribution is 2.07. The molecule has 1 atom stereocenters. The number of hydrogen-bond acceptors (Lipinski definition) is 3. The minimum atomic E-state index is -1.87. The summed E-state index contributed by atoms with van der Waals surface area (Å²) in [6, 6.07) is 0. The van der Waals surface area contributed by atoms with Gasteiger partial charge in [0.1, 0.15) is 0 Å². The lowest BCUT2D eigenvalue weighted by Crippen LogP contribution is -2.45. The first-order chi connectivity index (χ1) is 5.27. The van der Waals surface area contributed by atoms with Gasteiger partial charge in [0, 0.05) is 14.1 Å². The van der Waals surface area contributed by atoms with Crippen molar-refractivity contribution < 1.29 is 14.7 Å². The second-order valence-electron chi connectivity index (χ2n) is 2.89. The van der Waals surface area contributed by atoms with E-state index in [0.29, 0.717) is 0 Å². The van der Waals surface area contributed by atoms with Gasteiger partial charge >= 0.3 is 0 Å². The van der Waals surface area contributed by atoms with Crippen LogP contribution in [0.25, 0.3) is 0 Å². The van der Waals surface area contributed by atoms with Crippen LogP contribution < -0.4 is 5.73 Å². The van der Waals surface area contributed by atoms with E-state index >= 15 is 0 Å². The number of hydrogen-bond donors (Lipinski definition) is 2. The maximum Gasteiger partial charge on any atom is 0.249 e. The first kappa shape index (κ1) is 10.9. The maximum atomic E-state index is 11.0. The van der Waals surface area contributed by atoms with Crippen LogP contribution in [0, 0.1) is 6.42 Å². The number of carbonyl (C=O) groups is 2. The summed E-state index contributed by atoms with van der Waals surface area (Å²) in [5.74, 6) is -1.41. The summed E-state index contributed by atoms with van der Waals surface area (Å²) in [7, 11) is 3.02. The summed E-state index contributed by atoms with van der Waals surface area (Å²) in [6.07, 6.45) is 0.870. The first-order valence-corrected chi connectivity index (χ1v) is 3.37. The molecular formula is C7H13N2O3. The van der Waals surface area contributed by atoms with Crippen molar-refractivity contribution in [3.63, 3.8) is 0 Å². The monoisotopic (exact) mass is 173 g/mol. The van der Waals surface area contributed by atoms with Crippen molar-refractivity contribution in [3.05, 3.63) is 6.42 Å². The van der Waals surface area contributed by atoms with Gasteiger partial charge in [-0.3, -0.25) is 9.59 Å². The molecule has 0 aromatic carbocycles. The summed E-state index contributed by atoms with van der Waals surface area (Å²) >= 11 is 0. The van der Waals surface area contributed by atoms with E-state index in [1.807, 2.05) is 0 Å². The van der Waals surface area contributed by atoms with Crippen LogP contribution in [0.5, 0.6) is 0 Å². The summed E-state index contributed by atoms with van der Waals surface area (Å²) in [5.41, 5.74) is 2.95. The second kappa shape index (κ2) is 3.53. The number of nitrogens with zero attached hydrogens (tertiary/aromatic N) is 1. The Morgan fingerprint density at radius 1 is 1.50 bits per heavy atom. The molecule has 1 radical (unpaired) electrons. The summed E-state index contributed by atoms with van der Waals surface area (Å²) in [6.45, 7) is 1.16. The van der Waals surface area contributed by atoms with E-state index in [-0.39, 0.29) is 0 Å². The number of amides is 2. The van der Waals surface area contributed by atoms with Gasteiger partial charge in [0.25, 0.3) is 0 Å². The summed E-state index contributed by atoms with van der Waals surface area (Å²) in [5, 5.41) is 9.23. The van der Waals surface area contributed by atoms with Gasteiger partial charge in [-0.1, -0.05) is 0 Å². The van der Waals surface area contributed by atoms with Crippen LogP contribution in [0.3, 0.4) is 0 Å². The largest absolute Gasteiger partial charge is 0.379 e. The number of primary amides is 1. The minimum Gasteiger partial charge on any atom is -0.379 e. The molecule has 0 aliphatic carbocycles. The van der Waals surface area contributed by atoms with Crippen molar-refractivity contribution in [1.29, 1.82) is 0 Å². The van der Waals surface area contributed by atoms with Gasteiger partial charge in [-0.15, -0.1) is 0 Å². The third-order valence-electron chi connectivity index (χ3n) is 1.34. The number of aliphatic hydroxyl groups is 1. The van der Waals surface area contributed by atoms with Gasteiger partial charge in [0.05, 0.1) is 6.42 Å². The molecule has 0 saturated heterocycles. The fourth-order valence-corrected chi connectivity index (χ4v) is 0.441. The molecule has 0 rings (SSSR count). The van der Waals surface area contributed by atoms with Crippen molar-refractivity contribution in [1.82, 2.24) is 4.90 Å². The molecule has 3 N–H and O–H groups in total. The van der Waals surface area contributed by atoms with E-state index in [1.54, 1.807) is 0 Å². The lowest BCUT2D eigenvalue weighted by atomic mass is 10.0. The Morgan fingerprint density at radius 3 is 2.17 bits per heavy atom. The Kier molecular flexibility index (Phi) is 3.21. The van der Waals surface area contributed by atoms with Gasteiger partial charge in [-0.25, -0.2) is 0 Å². The summed E-state index contributed by atoms with van der Waals surface area (Å²) in [4.78, 5) is 22.7. The van der Waals surface area contributed by atoms with E-state index in [2.05, 4.69) is 0 Å². The minimum absolute atomic E-state index is 0.459. The lowest BCUT2D eigenvalue weighted by Gasteiger charge is -2.19. The van der Waals surface area contributed by atoms with Gasteiger partial charge in [-0.2, -0.15) is 0 Å². The zero-order chi connectivity index (χ0) is 9.94. The predicted molar refractivity (Wildman–Crippen MR) is 42.8 cm³/mol. The molecule has 5 nitrogen and oxygen atoms in total. The molecule has 0 fully saturated rings. The van der Waals surface area contributed by atoms with Crippen LogP contribution in [0.4, 0.5) is 0 Å². The van der Waals surface area contributed by atoms with Crippen LogP contribution in [-0.4, -0.2) is 41.5 Å². The van der Waals surface area contributed by atoms with Crippen LogP contribution in [0.15, 0.2) is 0 Å². The second-order valence-corrected chi connectivity index (χ2v) is 2.89. The Labute approximate surface area is 71.1 Å². The molecule has 0 aliphatic rings. The Hall–Kier alpha value is -1.10. The Balaban J connectivity index is 4.25. The van der Waals surface area contributed by atoms with Crippen LogP contribution in [0.2, 0.25) is 0 Å². The average Bonchev–Trinajstić information content (AvgIpc) is 1.85. The number of rotatable bonds is 3. The molecule has 0 spiro atoms. The van der Waals surface area contributed by atoms with Gasteiger partial charge in [-0.05, 0) is 6.92 Å². The Bertz CT molecular complexity index is 199. The topological polar surface area (TPSA) is 83.6 Å². The van der Waals surface area contributed by atoms with Crippen molar-refractivity contribution >= 4 is 11.8 Å². The third kappa shape index (κ3) is 2.87. The molecule has 1 unspecified atom stereocenters. The van der Waals surface area contributed by atoms with Crippen LogP contribution >= 0.6 is 0 Å². The Morgan fingerprint density at radius 2 is 1.92 bits per heavy atom. The zero-order valence-corrected chi connectivity index (χ0v) is 7.37. The van der Waals surface area contributed by atoms with Crippen molar-refractivity contribution in [2.75, 3.05) is 14.1 Å². The number of carbonyl (C=O) groups excluding carboxylic acids is 2. The fraction of sp³-hybridized carbons (Fsp3) is 0.571. The highest BCUT2D eigenvalue weighted by Gasteiger charge is 2.31. The van der Waals surface area contributed by atoms with Crippen LogP contribution in [-0.2, 0) is 9.59 Å². The highest BCUT2D eigenvalue weighted by molar-refractivity contribution is 5.96. The molecule has 5 heteroatoms. The van der Waals surface area contributed by atoms with Gasteiger partial charge in [0.2, 0.25) is 11.8 Å². The van der Waals surface area contributed by atoms with E-state index in [4.69, 9.17) is 5.73 Å².